The second-order valence-electron chi connectivity index (χ2n) is 6.98. The van der Waals surface area contributed by atoms with Crippen LogP contribution in [0.5, 0.6) is 11.5 Å². The number of benzene rings is 2. The van der Waals surface area contributed by atoms with Crippen molar-refractivity contribution in [1.82, 2.24) is 14.8 Å². The molecule has 8 heteroatoms. The quantitative estimate of drug-likeness (QED) is 0.366. The van der Waals surface area contributed by atoms with E-state index in [4.69, 9.17) is 21.7 Å². The zero-order chi connectivity index (χ0) is 22.0. The van der Waals surface area contributed by atoms with E-state index in [1.165, 1.54) is 11.9 Å². The van der Waals surface area contributed by atoms with Crippen molar-refractivity contribution in [3.63, 3.8) is 0 Å². The van der Waals surface area contributed by atoms with Crippen molar-refractivity contribution < 1.29 is 19.1 Å². The van der Waals surface area contributed by atoms with Crippen molar-refractivity contribution >= 4 is 46.1 Å². The van der Waals surface area contributed by atoms with Crippen molar-refractivity contribution in [2.75, 3.05) is 20.8 Å². The number of nitrogens with one attached hydrogen (secondary N) is 1. The second-order valence-corrected chi connectivity index (χ2v) is 7.36. The predicted molar refractivity (Wildman–Crippen MR) is 122 cm³/mol. The van der Waals surface area contributed by atoms with Gasteiger partial charge < -0.3 is 14.0 Å². The Labute approximate surface area is 184 Å². The van der Waals surface area contributed by atoms with Crippen molar-refractivity contribution in [2.24, 2.45) is 0 Å². The van der Waals surface area contributed by atoms with Crippen LogP contribution in [0.15, 0.2) is 60.3 Å². The summed E-state index contributed by atoms with van der Waals surface area (Å²) in [6, 6.07) is 15.3. The molecule has 0 radical (unpaired) electrons. The highest BCUT2D eigenvalue weighted by Gasteiger charge is 2.31. The molecule has 7 nitrogen and oxygen atoms in total. The number of fused-ring (bicyclic) bond motifs is 1. The van der Waals surface area contributed by atoms with Crippen LogP contribution in [0.3, 0.4) is 0 Å². The Kier molecular flexibility index (Phi) is 5.73. The van der Waals surface area contributed by atoms with Gasteiger partial charge in [0.15, 0.2) is 16.6 Å². The van der Waals surface area contributed by atoms with Crippen molar-refractivity contribution in [1.29, 1.82) is 0 Å². The van der Waals surface area contributed by atoms with E-state index in [-0.39, 0.29) is 10.7 Å². The fourth-order valence-corrected chi connectivity index (χ4v) is 3.64. The summed E-state index contributed by atoms with van der Waals surface area (Å²) in [5.74, 6) is 0.427. The van der Waals surface area contributed by atoms with Crippen LogP contribution in [-0.4, -0.2) is 47.2 Å². The second kappa shape index (κ2) is 8.61. The number of hydrogen-bond donors (Lipinski definition) is 1. The maximum atomic E-state index is 12.6. The van der Waals surface area contributed by atoms with E-state index in [2.05, 4.69) is 5.32 Å². The van der Waals surface area contributed by atoms with Crippen LogP contribution in [0, 0.1) is 0 Å². The number of ether oxygens (including phenoxy) is 2. The van der Waals surface area contributed by atoms with E-state index in [9.17, 15) is 9.59 Å². The maximum absolute atomic E-state index is 12.6. The molecule has 4 rings (SSSR count). The van der Waals surface area contributed by atoms with Gasteiger partial charge in [0.1, 0.15) is 12.2 Å². The predicted octanol–water partition coefficient (Wildman–Crippen LogP) is 2.99. The van der Waals surface area contributed by atoms with Crippen LogP contribution in [0.25, 0.3) is 17.0 Å². The van der Waals surface area contributed by atoms with Crippen LogP contribution >= 0.6 is 12.2 Å². The lowest BCUT2D eigenvalue weighted by Gasteiger charge is -2.24. The summed E-state index contributed by atoms with van der Waals surface area (Å²) < 4.78 is 13.3. The molecule has 0 unspecified atom stereocenters. The number of carbonyl (C=O) groups is 2. The van der Waals surface area contributed by atoms with Crippen molar-refractivity contribution in [2.45, 2.75) is 6.54 Å². The zero-order valence-electron chi connectivity index (χ0n) is 17.1. The monoisotopic (exact) mass is 435 g/mol. The standard InChI is InChI=1S/C23H21N3O4S/c1-25-22(28)17(21(27)24-23(25)31)13-15-14-26(18-8-4-3-7-16(15)18)11-12-30-20-10-6-5-9-19(20)29-2/h3-10,13-14H,11-12H2,1-2H3,(H,24,27,31)/b17-13-. The molecule has 158 valence electrons. The Bertz CT molecular complexity index is 1210. The molecule has 0 saturated carbocycles. The molecule has 0 spiro atoms. The average molecular weight is 436 g/mol. The molecule has 1 fully saturated rings. The number of carbonyl (C=O) groups excluding carboxylic acids is 2. The first-order chi connectivity index (χ1) is 15.0. The number of hydrogen-bond acceptors (Lipinski definition) is 5. The fraction of sp³-hybridized carbons (Fsp3) is 0.174. The number of rotatable bonds is 6. The van der Waals surface area contributed by atoms with Gasteiger partial charge in [0.25, 0.3) is 11.8 Å². The summed E-state index contributed by atoms with van der Waals surface area (Å²) in [7, 11) is 3.14. The van der Waals surface area contributed by atoms with Gasteiger partial charge in [-0.2, -0.15) is 0 Å². The summed E-state index contributed by atoms with van der Waals surface area (Å²) in [6.45, 7) is 0.997. The maximum Gasteiger partial charge on any atom is 0.265 e. The van der Waals surface area contributed by atoms with Gasteiger partial charge >= 0.3 is 0 Å². The third-order valence-electron chi connectivity index (χ3n) is 5.08. The highest BCUT2D eigenvalue weighted by Crippen LogP contribution is 2.27. The summed E-state index contributed by atoms with van der Waals surface area (Å²) in [5, 5.41) is 3.57. The summed E-state index contributed by atoms with van der Waals surface area (Å²) >= 11 is 5.01. The summed E-state index contributed by atoms with van der Waals surface area (Å²) in [4.78, 5) is 26.2. The molecular weight excluding hydrogens is 414 g/mol. The van der Waals surface area contributed by atoms with E-state index in [1.807, 2.05) is 59.3 Å². The molecule has 2 amide bonds. The first-order valence-corrected chi connectivity index (χ1v) is 10.1. The minimum atomic E-state index is -0.496. The molecule has 2 aromatic carbocycles. The molecule has 1 aliphatic rings. The lowest BCUT2D eigenvalue weighted by Crippen LogP contribution is -2.52. The van der Waals surface area contributed by atoms with Crippen LogP contribution < -0.4 is 14.8 Å². The van der Waals surface area contributed by atoms with Crippen LogP contribution in [0.2, 0.25) is 0 Å². The van der Waals surface area contributed by atoms with Gasteiger partial charge in [0.2, 0.25) is 0 Å². The van der Waals surface area contributed by atoms with Gasteiger partial charge in [0.05, 0.1) is 13.7 Å². The number of amides is 2. The molecule has 0 aliphatic carbocycles. The molecule has 31 heavy (non-hydrogen) atoms. The van der Waals surface area contributed by atoms with E-state index >= 15 is 0 Å². The highest BCUT2D eigenvalue weighted by molar-refractivity contribution is 7.80. The summed E-state index contributed by atoms with van der Waals surface area (Å²) in [5.41, 5.74) is 1.79. The molecule has 0 atom stereocenters. The number of likely N-dealkylation sites (N-methyl/N-ethyl adjacent to an activating group) is 1. The first kappa shape index (κ1) is 20.6. The fourth-order valence-electron chi connectivity index (χ4n) is 3.47. The highest BCUT2D eigenvalue weighted by atomic mass is 32.1. The SMILES string of the molecule is COc1ccccc1OCCn1cc(/C=C2/C(=O)NC(=S)N(C)C2=O)c2ccccc21. The zero-order valence-corrected chi connectivity index (χ0v) is 17.9. The molecule has 0 bridgehead atoms. The Morgan fingerprint density at radius 2 is 1.77 bits per heavy atom. The Morgan fingerprint density at radius 3 is 2.55 bits per heavy atom. The number of thiocarbonyl (C=S) groups is 1. The van der Waals surface area contributed by atoms with E-state index in [0.29, 0.717) is 24.7 Å². The molecule has 3 aromatic rings. The minimum Gasteiger partial charge on any atom is -0.493 e. The number of nitrogens with zero attached hydrogens (tertiary/aromatic N) is 2. The molecule has 1 saturated heterocycles. The van der Waals surface area contributed by atoms with Gasteiger partial charge in [-0.05, 0) is 36.5 Å². The van der Waals surface area contributed by atoms with E-state index in [0.717, 1.165) is 16.5 Å². The largest absolute Gasteiger partial charge is 0.493 e. The van der Waals surface area contributed by atoms with Gasteiger partial charge in [-0.3, -0.25) is 19.8 Å². The smallest absolute Gasteiger partial charge is 0.265 e. The van der Waals surface area contributed by atoms with Crippen LogP contribution in [-0.2, 0) is 16.1 Å². The third kappa shape index (κ3) is 4.02. The average Bonchev–Trinajstić information content (AvgIpc) is 3.13. The molecule has 1 N–H and O–H groups in total. The first-order valence-electron chi connectivity index (χ1n) is 9.68. The van der Waals surface area contributed by atoms with E-state index in [1.54, 1.807) is 13.2 Å². The van der Waals surface area contributed by atoms with Crippen molar-refractivity contribution in [3.8, 4) is 11.5 Å². The van der Waals surface area contributed by atoms with Gasteiger partial charge in [-0.1, -0.05) is 30.3 Å². The lowest BCUT2D eigenvalue weighted by atomic mass is 10.1. The van der Waals surface area contributed by atoms with Gasteiger partial charge in [-0.15, -0.1) is 0 Å². The lowest BCUT2D eigenvalue weighted by molar-refractivity contribution is -0.128. The normalized spacial score (nSPS) is 15.5. The van der Waals surface area contributed by atoms with Crippen molar-refractivity contribution in [3.05, 3.63) is 65.9 Å². The number of para-hydroxylation sites is 3. The van der Waals surface area contributed by atoms with Crippen LogP contribution in [0.1, 0.15) is 5.56 Å². The number of methoxy groups -OCH3 is 1. The number of aromatic nitrogens is 1. The molecule has 1 aromatic heterocycles. The third-order valence-corrected chi connectivity index (χ3v) is 5.46. The molecular formula is C23H21N3O4S. The summed E-state index contributed by atoms with van der Waals surface area (Å²) in [6.07, 6.45) is 3.52. The van der Waals surface area contributed by atoms with Gasteiger partial charge in [-0.25, -0.2) is 0 Å². The molecule has 2 heterocycles. The Hall–Kier alpha value is -3.65. The van der Waals surface area contributed by atoms with Gasteiger partial charge in [0, 0.05) is 29.7 Å². The van der Waals surface area contributed by atoms with E-state index < -0.39 is 11.8 Å². The minimum absolute atomic E-state index is 0.0456. The Morgan fingerprint density at radius 1 is 1.06 bits per heavy atom. The Balaban J connectivity index is 1.61. The molecule has 1 aliphatic heterocycles. The van der Waals surface area contributed by atoms with Crippen LogP contribution in [0.4, 0.5) is 0 Å². The topological polar surface area (TPSA) is 72.8 Å².